The Hall–Kier alpha value is -1.26. The zero-order valence-corrected chi connectivity index (χ0v) is 14.8. The summed E-state index contributed by atoms with van der Waals surface area (Å²) in [6.07, 6.45) is -0.397. The van der Waals surface area contributed by atoms with Crippen LogP contribution in [-0.2, 0) is 0 Å². The first kappa shape index (κ1) is 23.0. The summed E-state index contributed by atoms with van der Waals surface area (Å²) in [4.78, 5) is 6.79. The van der Waals surface area contributed by atoms with Crippen LogP contribution in [0.2, 0.25) is 0 Å². The number of hydrogen-bond acceptors (Lipinski definition) is 2. The minimum absolute atomic E-state index is 0.729. The molecule has 0 N–H and O–H groups in total. The quantitative estimate of drug-likeness (QED) is 0.661. The van der Waals surface area contributed by atoms with Crippen LogP contribution >= 0.6 is 0 Å². The maximum atomic E-state index is 10.8. The summed E-state index contributed by atoms with van der Waals surface area (Å²) >= 11 is 0. The van der Waals surface area contributed by atoms with E-state index in [1.54, 1.807) is 0 Å². The number of alkyl halides is 3. The molecule has 1 aromatic heterocycles. The Morgan fingerprint density at radius 2 is 1.45 bits per heavy atom. The van der Waals surface area contributed by atoms with Gasteiger partial charge in [0.25, 0.3) is 0 Å². The molecule has 1 heterocycles. The molecule has 0 aliphatic rings. The van der Waals surface area contributed by atoms with E-state index in [1.807, 2.05) is 20.0 Å². The minimum Gasteiger partial charge on any atom is -0.357 e. The third-order valence-electron chi connectivity index (χ3n) is 2.61. The summed E-state index contributed by atoms with van der Waals surface area (Å²) in [6.45, 7) is 13.8. The van der Waals surface area contributed by atoms with Gasteiger partial charge in [0.2, 0.25) is 0 Å². The minimum atomic E-state index is -3.96. The fourth-order valence-corrected chi connectivity index (χ4v) is 1.53. The molecule has 0 saturated heterocycles. The van der Waals surface area contributed by atoms with E-state index < -0.39 is 12.6 Å². The molecule has 0 unspecified atom stereocenters. The molecule has 0 saturated carbocycles. The Bertz CT molecular complexity index is 342. The average molecular weight is 320 g/mol. The number of hydrogen-bond donors (Lipinski definition) is 0. The fourth-order valence-electron chi connectivity index (χ4n) is 1.53. The van der Waals surface area contributed by atoms with Gasteiger partial charge in [-0.05, 0) is 31.4 Å². The van der Waals surface area contributed by atoms with E-state index in [9.17, 15) is 13.2 Å². The highest BCUT2D eigenvalue weighted by molar-refractivity contribution is 5.38. The van der Waals surface area contributed by atoms with E-state index >= 15 is 0 Å². The first-order valence-corrected chi connectivity index (χ1v) is 8.08. The molecule has 0 aliphatic carbocycles. The fraction of sp³-hybridized carbons (Fsp3) is 0.706. The standard InChI is InChI=1S/C12H20N2.C3H5F3.C2H6/c1-4-8-14(9-5-2)12-7-6-11(3)10-13-12;1-2-3(4,5)6;1-2/h6-7,10H,4-5,8-9H2,1-3H3;2H2,1H3;1-2H3. The Kier molecular flexibility index (Phi) is 14.0. The maximum Gasteiger partial charge on any atom is 0.388 e. The SMILES string of the molecule is CC.CCC(F)(F)F.CCCN(CCC)c1ccc(C)cn1. The molecule has 2 nitrogen and oxygen atoms in total. The van der Waals surface area contributed by atoms with E-state index in [0.29, 0.717) is 0 Å². The molecule has 0 bridgehead atoms. The van der Waals surface area contributed by atoms with Crippen molar-refractivity contribution < 1.29 is 13.2 Å². The van der Waals surface area contributed by atoms with Crippen LogP contribution in [0.4, 0.5) is 19.0 Å². The molecule has 0 radical (unpaired) electrons. The second-order valence-corrected chi connectivity index (χ2v) is 4.65. The van der Waals surface area contributed by atoms with Crippen molar-refractivity contribution in [3.63, 3.8) is 0 Å². The van der Waals surface area contributed by atoms with E-state index in [2.05, 4.69) is 42.8 Å². The van der Waals surface area contributed by atoms with Gasteiger partial charge in [0.05, 0.1) is 0 Å². The van der Waals surface area contributed by atoms with Crippen molar-refractivity contribution in [1.29, 1.82) is 0 Å². The lowest BCUT2D eigenvalue weighted by molar-refractivity contribution is -0.130. The molecule has 1 rings (SSSR count). The molecule has 1 aromatic rings. The second kappa shape index (κ2) is 13.4. The Morgan fingerprint density at radius 3 is 1.73 bits per heavy atom. The molecule has 0 aliphatic heterocycles. The molecular formula is C17H31F3N2. The predicted octanol–water partition coefficient (Wildman–Crippen LogP) is 6.00. The lowest BCUT2D eigenvalue weighted by Crippen LogP contribution is -2.25. The summed E-state index contributed by atoms with van der Waals surface area (Å²) in [5.41, 5.74) is 1.22. The molecule has 0 fully saturated rings. The highest BCUT2D eigenvalue weighted by Crippen LogP contribution is 2.17. The highest BCUT2D eigenvalue weighted by Gasteiger charge is 2.22. The van der Waals surface area contributed by atoms with Gasteiger partial charge >= 0.3 is 6.18 Å². The van der Waals surface area contributed by atoms with Gasteiger partial charge in [-0.3, -0.25) is 0 Å². The topological polar surface area (TPSA) is 16.1 Å². The third-order valence-corrected chi connectivity index (χ3v) is 2.61. The first-order chi connectivity index (χ1) is 10.3. The van der Waals surface area contributed by atoms with Crippen molar-refractivity contribution in [2.45, 2.75) is 67.0 Å². The van der Waals surface area contributed by atoms with Crippen LogP contribution in [0.25, 0.3) is 0 Å². The van der Waals surface area contributed by atoms with Crippen LogP contribution in [0, 0.1) is 6.92 Å². The van der Waals surface area contributed by atoms with Crippen molar-refractivity contribution in [2.75, 3.05) is 18.0 Å². The van der Waals surface area contributed by atoms with E-state index in [4.69, 9.17) is 0 Å². The predicted molar refractivity (Wildman–Crippen MR) is 89.5 cm³/mol. The van der Waals surface area contributed by atoms with Gasteiger partial charge in [-0.2, -0.15) is 13.2 Å². The first-order valence-electron chi connectivity index (χ1n) is 8.08. The summed E-state index contributed by atoms with van der Waals surface area (Å²) < 4.78 is 32.4. The Morgan fingerprint density at radius 1 is 1.00 bits per heavy atom. The third kappa shape index (κ3) is 12.5. The molecule has 0 atom stereocenters. The van der Waals surface area contributed by atoms with Crippen LogP contribution < -0.4 is 4.90 Å². The largest absolute Gasteiger partial charge is 0.388 e. The molecule has 0 aromatic carbocycles. The molecule has 0 amide bonds. The van der Waals surface area contributed by atoms with Gasteiger partial charge in [-0.25, -0.2) is 4.98 Å². The number of nitrogens with zero attached hydrogens (tertiary/aromatic N) is 2. The number of pyridine rings is 1. The number of anilines is 1. The highest BCUT2D eigenvalue weighted by atomic mass is 19.4. The lowest BCUT2D eigenvalue weighted by Gasteiger charge is -2.22. The van der Waals surface area contributed by atoms with Gasteiger partial charge in [-0.1, -0.05) is 40.7 Å². The van der Waals surface area contributed by atoms with E-state index in [0.717, 1.165) is 25.8 Å². The van der Waals surface area contributed by atoms with Crippen LogP contribution in [-0.4, -0.2) is 24.2 Å². The molecule has 130 valence electrons. The molecular weight excluding hydrogens is 289 g/mol. The van der Waals surface area contributed by atoms with Crippen molar-refractivity contribution in [2.24, 2.45) is 0 Å². The number of aryl methyl sites for hydroxylation is 1. The normalized spacial score (nSPS) is 10.0. The van der Waals surface area contributed by atoms with Crippen molar-refractivity contribution in [3.05, 3.63) is 23.9 Å². The zero-order valence-electron chi connectivity index (χ0n) is 14.8. The van der Waals surface area contributed by atoms with Crippen LogP contribution in [0.3, 0.4) is 0 Å². The Balaban J connectivity index is 0. The second-order valence-electron chi connectivity index (χ2n) is 4.65. The van der Waals surface area contributed by atoms with Gasteiger partial charge in [0.1, 0.15) is 5.82 Å². The van der Waals surface area contributed by atoms with Gasteiger partial charge in [-0.15, -0.1) is 0 Å². The van der Waals surface area contributed by atoms with Gasteiger partial charge in [0.15, 0.2) is 0 Å². The van der Waals surface area contributed by atoms with Crippen LogP contribution in [0.15, 0.2) is 18.3 Å². The molecule has 22 heavy (non-hydrogen) atoms. The summed E-state index contributed by atoms with van der Waals surface area (Å²) in [6, 6.07) is 4.24. The zero-order chi connectivity index (χ0) is 17.6. The van der Waals surface area contributed by atoms with E-state index in [-0.39, 0.29) is 0 Å². The van der Waals surface area contributed by atoms with Crippen molar-refractivity contribution >= 4 is 5.82 Å². The summed E-state index contributed by atoms with van der Waals surface area (Å²) in [7, 11) is 0. The van der Waals surface area contributed by atoms with Crippen molar-refractivity contribution in [3.8, 4) is 0 Å². The monoisotopic (exact) mass is 320 g/mol. The molecule has 5 heteroatoms. The molecule has 0 spiro atoms. The number of aromatic nitrogens is 1. The van der Waals surface area contributed by atoms with E-state index in [1.165, 1.54) is 18.4 Å². The average Bonchev–Trinajstić information content (AvgIpc) is 2.50. The number of halogens is 3. The van der Waals surface area contributed by atoms with Crippen molar-refractivity contribution in [1.82, 2.24) is 4.98 Å². The lowest BCUT2D eigenvalue weighted by atomic mass is 10.3. The smallest absolute Gasteiger partial charge is 0.357 e. The van der Waals surface area contributed by atoms with Gasteiger partial charge in [0, 0.05) is 25.7 Å². The van der Waals surface area contributed by atoms with Crippen LogP contribution in [0.5, 0.6) is 0 Å². The van der Waals surface area contributed by atoms with Gasteiger partial charge < -0.3 is 4.90 Å². The summed E-state index contributed by atoms with van der Waals surface area (Å²) in [5, 5.41) is 0. The maximum absolute atomic E-state index is 10.8. The van der Waals surface area contributed by atoms with Crippen LogP contribution in [0.1, 0.15) is 59.4 Å². The Labute approximate surface area is 133 Å². The number of rotatable bonds is 5. The summed E-state index contributed by atoms with van der Waals surface area (Å²) in [5.74, 6) is 1.11.